The molecule has 0 radical (unpaired) electrons. The number of nitrogens with zero attached hydrogens (tertiary/aromatic N) is 1. The van der Waals surface area contributed by atoms with E-state index in [0.717, 1.165) is 0 Å². The molecule has 2 aromatic rings. The summed E-state index contributed by atoms with van der Waals surface area (Å²) in [7, 11) is 0. The van der Waals surface area contributed by atoms with Gasteiger partial charge >= 0.3 is 11.6 Å². The van der Waals surface area contributed by atoms with Crippen LogP contribution in [-0.2, 0) is 4.79 Å². The van der Waals surface area contributed by atoms with Gasteiger partial charge in [-0.05, 0) is 24.5 Å². The highest BCUT2D eigenvalue weighted by atomic mass is 16.4. The molecule has 1 atom stereocenters. The predicted molar refractivity (Wildman–Crippen MR) is 74.8 cm³/mol. The number of aliphatic carboxylic acids is 1. The molecule has 2 N–H and O–H groups in total. The van der Waals surface area contributed by atoms with E-state index >= 15 is 0 Å². The fourth-order valence-corrected chi connectivity index (χ4v) is 1.92. The van der Waals surface area contributed by atoms with Gasteiger partial charge in [0.1, 0.15) is 6.04 Å². The fourth-order valence-electron chi connectivity index (χ4n) is 1.92. The average Bonchev–Trinajstić information content (AvgIpc) is 2.37. The van der Waals surface area contributed by atoms with Crippen LogP contribution >= 0.6 is 0 Å². The van der Waals surface area contributed by atoms with Gasteiger partial charge in [-0.15, -0.1) is 0 Å². The maximum absolute atomic E-state index is 11.8. The van der Waals surface area contributed by atoms with E-state index in [1.807, 2.05) is 13.8 Å². The number of carbonyl (C=O) groups is 1. The van der Waals surface area contributed by atoms with Crippen LogP contribution in [0.25, 0.3) is 10.9 Å². The van der Waals surface area contributed by atoms with E-state index in [1.54, 1.807) is 24.3 Å². The molecule has 0 amide bonds. The summed E-state index contributed by atoms with van der Waals surface area (Å²) in [6, 6.07) is 5.85. The van der Waals surface area contributed by atoms with Crippen molar-refractivity contribution in [1.29, 1.82) is 0 Å². The first kappa shape index (κ1) is 14.0. The summed E-state index contributed by atoms with van der Waals surface area (Å²) < 4.78 is 5.01. The SMILES string of the molecule is CC(C)C[C@H](Nc1nc2ccccc2c(=O)o1)C(=O)O. The lowest BCUT2D eigenvalue weighted by atomic mass is 10.0. The van der Waals surface area contributed by atoms with Gasteiger partial charge < -0.3 is 14.8 Å². The number of carboxylic acids is 1. The Morgan fingerprint density at radius 1 is 1.40 bits per heavy atom. The number of benzene rings is 1. The quantitative estimate of drug-likeness (QED) is 0.868. The van der Waals surface area contributed by atoms with Crippen LogP contribution in [0.15, 0.2) is 33.5 Å². The number of fused-ring (bicyclic) bond motifs is 1. The van der Waals surface area contributed by atoms with Crippen molar-refractivity contribution in [3.8, 4) is 0 Å². The first-order valence-corrected chi connectivity index (χ1v) is 6.36. The molecule has 0 aliphatic carbocycles. The van der Waals surface area contributed by atoms with Crippen molar-refractivity contribution in [1.82, 2.24) is 4.98 Å². The number of carboxylic acid groups (broad SMARTS) is 1. The van der Waals surface area contributed by atoms with Gasteiger partial charge in [-0.3, -0.25) is 0 Å². The molecule has 0 fully saturated rings. The van der Waals surface area contributed by atoms with Crippen LogP contribution in [0.2, 0.25) is 0 Å². The van der Waals surface area contributed by atoms with Gasteiger partial charge in [-0.2, -0.15) is 4.98 Å². The average molecular weight is 276 g/mol. The van der Waals surface area contributed by atoms with Crippen molar-refractivity contribution in [2.75, 3.05) is 5.32 Å². The Morgan fingerprint density at radius 3 is 2.75 bits per heavy atom. The summed E-state index contributed by atoms with van der Waals surface area (Å²) in [5, 5.41) is 12.2. The van der Waals surface area contributed by atoms with E-state index in [9.17, 15) is 9.59 Å². The lowest BCUT2D eigenvalue weighted by molar-refractivity contribution is -0.138. The first-order valence-electron chi connectivity index (χ1n) is 6.36. The molecular weight excluding hydrogens is 260 g/mol. The molecule has 0 unspecified atom stereocenters. The molecule has 0 bridgehead atoms. The Hall–Kier alpha value is -2.37. The zero-order valence-corrected chi connectivity index (χ0v) is 11.3. The number of para-hydroxylation sites is 1. The van der Waals surface area contributed by atoms with Crippen molar-refractivity contribution in [2.45, 2.75) is 26.3 Å². The molecule has 106 valence electrons. The monoisotopic (exact) mass is 276 g/mol. The third-order valence-corrected chi connectivity index (χ3v) is 2.84. The van der Waals surface area contributed by atoms with Crippen LogP contribution in [0.5, 0.6) is 0 Å². The fraction of sp³-hybridized carbons (Fsp3) is 0.357. The standard InChI is InChI=1S/C14H16N2O4/c1-8(2)7-11(12(17)18)16-14-15-10-6-4-3-5-9(10)13(19)20-14/h3-6,8,11H,7H2,1-2H3,(H,15,16)(H,17,18)/t11-/m0/s1. The molecule has 2 rings (SSSR count). The smallest absolute Gasteiger partial charge is 0.348 e. The molecular formula is C14H16N2O4. The third-order valence-electron chi connectivity index (χ3n) is 2.84. The Kier molecular flexibility index (Phi) is 4.02. The molecule has 6 nitrogen and oxygen atoms in total. The van der Waals surface area contributed by atoms with Gasteiger partial charge in [0.05, 0.1) is 10.9 Å². The normalized spacial score (nSPS) is 12.6. The molecule has 0 aliphatic rings. The van der Waals surface area contributed by atoms with Crippen molar-refractivity contribution in [2.24, 2.45) is 5.92 Å². The number of aromatic nitrogens is 1. The summed E-state index contributed by atoms with van der Waals surface area (Å²) in [5.74, 6) is -0.813. The van der Waals surface area contributed by atoms with Gasteiger partial charge in [-0.1, -0.05) is 26.0 Å². The van der Waals surface area contributed by atoms with Gasteiger partial charge in [0.15, 0.2) is 0 Å². The van der Waals surface area contributed by atoms with Crippen molar-refractivity contribution in [3.63, 3.8) is 0 Å². The summed E-state index contributed by atoms with van der Waals surface area (Å²) in [4.78, 5) is 27.1. The van der Waals surface area contributed by atoms with Crippen LogP contribution in [-0.4, -0.2) is 22.1 Å². The van der Waals surface area contributed by atoms with Gasteiger partial charge in [-0.25, -0.2) is 9.59 Å². The molecule has 0 spiro atoms. The van der Waals surface area contributed by atoms with E-state index in [1.165, 1.54) is 0 Å². The van der Waals surface area contributed by atoms with Crippen LogP contribution < -0.4 is 10.9 Å². The molecule has 1 heterocycles. The van der Waals surface area contributed by atoms with E-state index in [2.05, 4.69) is 10.3 Å². The number of hydrogen-bond donors (Lipinski definition) is 2. The highest BCUT2D eigenvalue weighted by Crippen LogP contribution is 2.14. The Balaban J connectivity index is 2.33. The minimum atomic E-state index is -1.00. The van der Waals surface area contributed by atoms with E-state index in [-0.39, 0.29) is 11.9 Å². The Morgan fingerprint density at radius 2 is 2.10 bits per heavy atom. The minimum absolute atomic E-state index is 0.0678. The lowest BCUT2D eigenvalue weighted by Crippen LogP contribution is -2.31. The van der Waals surface area contributed by atoms with Gasteiger partial charge in [0.25, 0.3) is 6.01 Å². The van der Waals surface area contributed by atoms with Crippen LogP contribution in [0.3, 0.4) is 0 Å². The Labute approximate surface area is 115 Å². The van der Waals surface area contributed by atoms with E-state index in [0.29, 0.717) is 17.3 Å². The lowest BCUT2D eigenvalue weighted by Gasteiger charge is -2.15. The summed E-state index contributed by atoms with van der Waals surface area (Å²) >= 11 is 0. The topological polar surface area (TPSA) is 92.4 Å². The van der Waals surface area contributed by atoms with Gasteiger partial charge in [0.2, 0.25) is 0 Å². The number of hydrogen-bond acceptors (Lipinski definition) is 5. The summed E-state index contributed by atoms with van der Waals surface area (Å²) in [6.07, 6.45) is 0.410. The second-order valence-electron chi connectivity index (χ2n) is 4.99. The second-order valence-corrected chi connectivity index (χ2v) is 4.99. The van der Waals surface area contributed by atoms with Crippen molar-refractivity contribution in [3.05, 3.63) is 34.7 Å². The molecule has 0 saturated heterocycles. The largest absolute Gasteiger partial charge is 0.480 e. The molecule has 1 aromatic heterocycles. The van der Waals surface area contributed by atoms with Crippen LogP contribution in [0.1, 0.15) is 20.3 Å². The number of rotatable bonds is 5. The minimum Gasteiger partial charge on any atom is -0.480 e. The maximum atomic E-state index is 11.8. The highest BCUT2D eigenvalue weighted by molar-refractivity contribution is 5.79. The third kappa shape index (κ3) is 3.14. The summed E-state index contributed by atoms with van der Waals surface area (Å²) in [5.41, 5.74) is -0.0632. The molecule has 1 aromatic carbocycles. The number of anilines is 1. The molecule has 0 aliphatic heterocycles. The second kappa shape index (κ2) is 5.73. The van der Waals surface area contributed by atoms with Crippen molar-refractivity contribution >= 4 is 22.9 Å². The highest BCUT2D eigenvalue weighted by Gasteiger charge is 2.20. The van der Waals surface area contributed by atoms with Crippen LogP contribution in [0, 0.1) is 5.92 Å². The number of nitrogens with one attached hydrogen (secondary N) is 1. The zero-order valence-electron chi connectivity index (χ0n) is 11.3. The van der Waals surface area contributed by atoms with Gasteiger partial charge in [0, 0.05) is 0 Å². The molecule has 0 saturated carbocycles. The molecule has 6 heteroatoms. The van der Waals surface area contributed by atoms with Crippen molar-refractivity contribution < 1.29 is 14.3 Å². The molecule has 20 heavy (non-hydrogen) atoms. The summed E-state index contributed by atoms with van der Waals surface area (Å²) in [6.45, 7) is 3.84. The Bertz CT molecular complexity index is 678. The zero-order chi connectivity index (χ0) is 14.7. The van der Waals surface area contributed by atoms with Crippen LogP contribution in [0.4, 0.5) is 6.01 Å². The maximum Gasteiger partial charge on any atom is 0.348 e. The van der Waals surface area contributed by atoms with E-state index < -0.39 is 17.6 Å². The van der Waals surface area contributed by atoms with E-state index in [4.69, 9.17) is 9.52 Å². The first-order chi connectivity index (χ1) is 9.47. The predicted octanol–water partition coefficient (Wildman–Crippen LogP) is 2.10.